The Hall–Kier alpha value is -2.55. The lowest BCUT2D eigenvalue weighted by atomic mass is 9.86. The monoisotopic (exact) mass is 383 g/mol. The normalized spacial score (nSPS) is 18.8. The van der Waals surface area contributed by atoms with E-state index in [1.54, 1.807) is 6.08 Å². The van der Waals surface area contributed by atoms with Crippen LogP contribution in [0.1, 0.15) is 24.8 Å². The van der Waals surface area contributed by atoms with E-state index in [0.717, 1.165) is 30.6 Å². The maximum absolute atomic E-state index is 12.5. The highest BCUT2D eigenvalue weighted by molar-refractivity contribution is 5.92. The first-order valence-electron chi connectivity index (χ1n) is 8.57. The summed E-state index contributed by atoms with van der Waals surface area (Å²) in [5, 5.41) is 8.61. The number of hydroxylamine groups is 1. The van der Waals surface area contributed by atoms with E-state index in [4.69, 9.17) is 5.21 Å². The summed E-state index contributed by atoms with van der Waals surface area (Å²) < 4.78 is 37.4. The fourth-order valence-electron chi connectivity index (χ4n) is 3.84. The standard InChI is InChI=1S/C18H20F3N3O3/c19-18(20,21)10-16(26)23-11-17(12-23)8-3-9-24(17)14-5-2-1-4-13(14)6-7-15(25)22-27/h1-2,4-7,27H,3,8-12H2,(H,22,25). The number of carbonyl (C=O) groups is 2. The van der Waals surface area contributed by atoms with Crippen molar-refractivity contribution in [3.05, 3.63) is 35.9 Å². The molecule has 27 heavy (non-hydrogen) atoms. The molecule has 2 saturated heterocycles. The van der Waals surface area contributed by atoms with Gasteiger partial charge in [-0.05, 0) is 30.5 Å². The number of likely N-dealkylation sites (tertiary alicyclic amines) is 1. The van der Waals surface area contributed by atoms with Crippen LogP contribution in [0, 0.1) is 0 Å². The minimum Gasteiger partial charge on any atom is -0.362 e. The maximum Gasteiger partial charge on any atom is 0.397 e. The molecule has 2 fully saturated rings. The van der Waals surface area contributed by atoms with E-state index in [9.17, 15) is 22.8 Å². The molecule has 0 atom stereocenters. The molecule has 0 aromatic heterocycles. The minimum absolute atomic E-state index is 0.261. The summed E-state index contributed by atoms with van der Waals surface area (Å²) in [7, 11) is 0. The van der Waals surface area contributed by atoms with Gasteiger partial charge in [-0.15, -0.1) is 0 Å². The average molecular weight is 383 g/mol. The van der Waals surface area contributed by atoms with E-state index in [1.165, 1.54) is 16.5 Å². The fourth-order valence-corrected chi connectivity index (χ4v) is 3.84. The molecule has 6 nitrogen and oxygen atoms in total. The number of benzene rings is 1. The Kier molecular flexibility index (Phi) is 5.14. The summed E-state index contributed by atoms with van der Waals surface area (Å²) in [6.07, 6.45) is -1.51. The van der Waals surface area contributed by atoms with Crippen molar-refractivity contribution in [2.45, 2.75) is 31.0 Å². The van der Waals surface area contributed by atoms with E-state index in [1.807, 2.05) is 24.3 Å². The molecular formula is C18H20F3N3O3. The highest BCUT2D eigenvalue weighted by Crippen LogP contribution is 2.42. The summed E-state index contributed by atoms with van der Waals surface area (Å²) in [6.45, 7) is 1.24. The molecule has 1 aromatic carbocycles. The highest BCUT2D eigenvalue weighted by atomic mass is 19.4. The first-order valence-corrected chi connectivity index (χ1v) is 8.57. The van der Waals surface area contributed by atoms with Crippen molar-refractivity contribution in [3.63, 3.8) is 0 Å². The molecule has 2 N–H and O–H groups in total. The van der Waals surface area contributed by atoms with Crippen molar-refractivity contribution in [3.8, 4) is 0 Å². The minimum atomic E-state index is -4.50. The summed E-state index contributed by atoms with van der Waals surface area (Å²) in [4.78, 5) is 26.4. The molecule has 146 valence electrons. The Morgan fingerprint density at radius 1 is 1.26 bits per heavy atom. The molecule has 1 spiro atoms. The number of anilines is 1. The Morgan fingerprint density at radius 2 is 1.96 bits per heavy atom. The van der Waals surface area contributed by atoms with Gasteiger partial charge < -0.3 is 9.80 Å². The van der Waals surface area contributed by atoms with E-state index in [0.29, 0.717) is 0 Å². The zero-order valence-electron chi connectivity index (χ0n) is 14.5. The van der Waals surface area contributed by atoms with Gasteiger partial charge in [0.05, 0.1) is 5.54 Å². The molecule has 0 saturated carbocycles. The Morgan fingerprint density at radius 3 is 2.63 bits per heavy atom. The van der Waals surface area contributed by atoms with Gasteiger partial charge >= 0.3 is 6.18 Å². The van der Waals surface area contributed by atoms with Crippen molar-refractivity contribution in [2.75, 3.05) is 24.5 Å². The van der Waals surface area contributed by atoms with Gasteiger partial charge in [0.25, 0.3) is 5.91 Å². The number of para-hydroxylation sites is 1. The molecule has 0 aliphatic carbocycles. The van der Waals surface area contributed by atoms with Gasteiger partial charge in [-0.2, -0.15) is 13.2 Å². The third-order valence-corrected chi connectivity index (χ3v) is 5.02. The van der Waals surface area contributed by atoms with Crippen LogP contribution < -0.4 is 10.4 Å². The quantitative estimate of drug-likeness (QED) is 0.476. The highest BCUT2D eigenvalue weighted by Gasteiger charge is 2.53. The molecule has 2 heterocycles. The molecule has 9 heteroatoms. The molecule has 3 rings (SSSR count). The Bertz CT molecular complexity index is 758. The van der Waals surface area contributed by atoms with Crippen LogP contribution in [0.25, 0.3) is 6.08 Å². The number of amides is 2. The summed E-state index contributed by atoms with van der Waals surface area (Å²) >= 11 is 0. The maximum atomic E-state index is 12.5. The second-order valence-electron chi connectivity index (χ2n) is 6.89. The second kappa shape index (κ2) is 7.22. The number of rotatable bonds is 4. The van der Waals surface area contributed by atoms with Crippen LogP contribution in [0.5, 0.6) is 0 Å². The summed E-state index contributed by atoms with van der Waals surface area (Å²) in [5.41, 5.74) is 2.75. The molecule has 2 aliphatic heterocycles. The zero-order chi connectivity index (χ0) is 19.7. The first-order chi connectivity index (χ1) is 12.7. The second-order valence-corrected chi connectivity index (χ2v) is 6.89. The van der Waals surface area contributed by atoms with Crippen LogP contribution >= 0.6 is 0 Å². The van der Waals surface area contributed by atoms with Crippen molar-refractivity contribution in [2.24, 2.45) is 0 Å². The predicted molar refractivity (Wildman–Crippen MR) is 92.0 cm³/mol. The van der Waals surface area contributed by atoms with Crippen LogP contribution in [0.15, 0.2) is 30.3 Å². The number of hydrogen-bond acceptors (Lipinski definition) is 4. The number of hydrogen-bond donors (Lipinski definition) is 2. The van der Waals surface area contributed by atoms with Crippen molar-refractivity contribution in [1.82, 2.24) is 10.4 Å². The largest absolute Gasteiger partial charge is 0.397 e. The van der Waals surface area contributed by atoms with E-state index < -0.39 is 24.4 Å². The van der Waals surface area contributed by atoms with E-state index in [2.05, 4.69) is 4.90 Å². The van der Waals surface area contributed by atoms with Crippen molar-refractivity contribution >= 4 is 23.6 Å². The van der Waals surface area contributed by atoms with E-state index in [-0.39, 0.29) is 18.6 Å². The molecule has 1 aromatic rings. The number of alkyl halides is 3. The molecule has 2 aliphatic rings. The van der Waals surface area contributed by atoms with Gasteiger partial charge in [-0.3, -0.25) is 14.8 Å². The Balaban J connectivity index is 1.76. The van der Waals surface area contributed by atoms with Gasteiger partial charge in [-0.25, -0.2) is 5.48 Å². The third-order valence-electron chi connectivity index (χ3n) is 5.02. The third kappa shape index (κ3) is 4.08. The Labute approximate surface area is 154 Å². The van der Waals surface area contributed by atoms with Gasteiger partial charge in [-0.1, -0.05) is 18.2 Å². The summed E-state index contributed by atoms with van der Waals surface area (Å²) in [5.74, 6) is -1.55. The van der Waals surface area contributed by atoms with Crippen LogP contribution in [0.4, 0.5) is 18.9 Å². The van der Waals surface area contributed by atoms with Crippen LogP contribution in [-0.4, -0.2) is 53.3 Å². The number of carbonyl (C=O) groups excluding carboxylic acids is 2. The van der Waals surface area contributed by atoms with E-state index >= 15 is 0 Å². The number of nitrogens with zero attached hydrogens (tertiary/aromatic N) is 2. The topological polar surface area (TPSA) is 72.9 Å². The predicted octanol–water partition coefficient (Wildman–Crippen LogP) is 2.34. The number of halogens is 3. The average Bonchev–Trinajstić information content (AvgIpc) is 3.01. The van der Waals surface area contributed by atoms with Gasteiger partial charge in [0.1, 0.15) is 6.42 Å². The molecule has 2 amide bonds. The van der Waals surface area contributed by atoms with Crippen molar-refractivity contribution < 1.29 is 28.0 Å². The number of nitrogens with one attached hydrogen (secondary N) is 1. The summed E-state index contributed by atoms with van der Waals surface area (Å²) in [6, 6.07) is 7.34. The fraction of sp³-hybridized carbons (Fsp3) is 0.444. The smallest absolute Gasteiger partial charge is 0.362 e. The van der Waals surface area contributed by atoms with Crippen molar-refractivity contribution in [1.29, 1.82) is 0 Å². The SMILES string of the molecule is O=C(C=Cc1ccccc1N1CCCC12CN(C(=O)CC(F)(F)F)C2)NO. The lowest BCUT2D eigenvalue weighted by Crippen LogP contribution is -2.69. The van der Waals surface area contributed by atoms with Crippen LogP contribution in [-0.2, 0) is 9.59 Å². The molecular weight excluding hydrogens is 363 g/mol. The van der Waals surface area contributed by atoms with Gasteiger partial charge in [0.2, 0.25) is 5.91 Å². The zero-order valence-corrected chi connectivity index (χ0v) is 14.5. The molecule has 0 bridgehead atoms. The van der Waals surface area contributed by atoms with Gasteiger partial charge in [0.15, 0.2) is 0 Å². The van der Waals surface area contributed by atoms with Gasteiger partial charge in [0, 0.05) is 31.4 Å². The van der Waals surface area contributed by atoms with Crippen LogP contribution in [0.3, 0.4) is 0 Å². The first kappa shape index (κ1) is 19.2. The lowest BCUT2D eigenvalue weighted by molar-refractivity contribution is -0.166. The lowest BCUT2D eigenvalue weighted by Gasteiger charge is -2.54. The molecule has 0 unspecified atom stereocenters. The molecule has 0 radical (unpaired) electrons. The van der Waals surface area contributed by atoms with Crippen LogP contribution in [0.2, 0.25) is 0 Å².